The lowest BCUT2D eigenvalue weighted by molar-refractivity contribution is -0.117. The predicted molar refractivity (Wildman–Crippen MR) is 124 cm³/mol. The quantitative estimate of drug-likeness (QED) is 0.611. The number of carbonyl (C=O) groups is 1. The molecule has 0 atom stereocenters. The maximum absolute atomic E-state index is 12.4. The SMILES string of the molecule is Cc1ccc(NC(=O)CN2CCN(Cc3nc(-c4ccccc4)cs3)CC2)cc1Cl. The van der Waals surface area contributed by atoms with Crippen LogP contribution in [0.1, 0.15) is 10.6 Å². The minimum Gasteiger partial charge on any atom is -0.325 e. The van der Waals surface area contributed by atoms with Crippen molar-refractivity contribution in [2.75, 3.05) is 38.0 Å². The van der Waals surface area contributed by atoms with E-state index >= 15 is 0 Å². The van der Waals surface area contributed by atoms with Gasteiger partial charge in [0.2, 0.25) is 5.91 Å². The molecule has 1 fully saturated rings. The third kappa shape index (κ3) is 5.46. The highest BCUT2D eigenvalue weighted by Gasteiger charge is 2.20. The highest BCUT2D eigenvalue weighted by molar-refractivity contribution is 7.09. The van der Waals surface area contributed by atoms with Crippen molar-refractivity contribution < 1.29 is 4.79 Å². The van der Waals surface area contributed by atoms with Crippen LogP contribution in [0.25, 0.3) is 11.3 Å². The van der Waals surface area contributed by atoms with E-state index < -0.39 is 0 Å². The molecule has 0 bridgehead atoms. The fourth-order valence-electron chi connectivity index (χ4n) is 3.50. The number of thiazole rings is 1. The van der Waals surface area contributed by atoms with Gasteiger partial charge >= 0.3 is 0 Å². The van der Waals surface area contributed by atoms with Crippen molar-refractivity contribution in [3.63, 3.8) is 0 Å². The summed E-state index contributed by atoms with van der Waals surface area (Å²) in [5, 5.41) is 6.87. The Morgan fingerprint density at radius 2 is 1.83 bits per heavy atom. The van der Waals surface area contributed by atoms with E-state index in [1.54, 1.807) is 17.4 Å². The minimum absolute atomic E-state index is 0.00389. The molecule has 4 rings (SSSR count). The van der Waals surface area contributed by atoms with Gasteiger partial charge in [-0.1, -0.05) is 48.0 Å². The van der Waals surface area contributed by atoms with E-state index in [9.17, 15) is 4.79 Å². The molecule has 156 valence electrons. The van der Waals surface area contributed by atoms with E-state index in [-0.39, 0.29) is 5.91 Å². The number of halogens is 1. The normalized spacial score (nSPS) is 15.3. The highest BCUT2D eigenvalue weighted by Crippen LogP contribution is 2.23. The van der Waals surface area contributed by atoms with Gasteiger partial charge in [0.05, 0.1) is 18.8 Å². The number of piperazine rings is 1. The third-order valence-corrected chi connectivity index (χ3v) is 6.51. The Kier molecular flexibility index (Phi) is 6.79. The van der Waals surface area contributed by atoms with Crippen molar-refractivity contribution in [2.45, 2.75) is 13.5 Å². The number of hydrogen-bond donors (Lipinski definition) is 1. The number of nitrogens with zero attached hydrogens (tertiary/aromatic N) is 3. The summed E-state index contributed by atoms with van der Waals surface area (Å²) in [6.07, 6.45) is 0. The summed E-state index contributed by atoms with van der Waals surface area (Å²) in [6, 6.07) is 15.9. The first-order valence-corrected chi connectivity index (χ1v) is 11.3. The Morgan fingerprint density at radius 1 is 1.10 bits per heavy atom. The lowest BCUT2D eigenvalue weighted by atomic mass is 10.2. The lowest BCUT2D eigenvalue weighted by Crippen LogP contribution is -2.48. The molecule has 0 spiro atoms. The first kappa shape index (κ1) is 21.0. The average Bonchev–Trinajstić information content (AvgIpc) is 3.21. The van der Waals surface area contributed by atoms with Crippen LogP contribution < -0.4 is 5.32 Å². The highest BCUT2D eigenvalue weighted by atomic mass is 35.5. The molecule has 1 aromatic heterocycles. The molecule has 7 heteroatoms. The molecule has 30 heavy (non-hydrogen) atoms. The van der Waals surface area contributed by atoms with Gasteiger partial charge in [0.25, 0.3) is 0 Å². The lowest BCUT2D eigenvalue weighted by Gasteiger charge is -2.33. The first-order valence-electron chi connectivity index (χ1n) is 10.1. The van der Waals surface area contributed by atoms with Crippen LogP contribution in [0.15, 0.2) is 53.9 Å². The maximum atomic E-state index is 12.4. The molecule has 0 aliphatic carbocycles. The topological polar surface area (TPSA) is 48.5 Å². The molecule has 0 unspecified atom stereocenters. The second-order valence-electron chi connectivity index (χ2n) is 7.56. The number of anilines is 1. The maximum Gasteiger partial charge on any atom is 0.238 e. The van der Waals surface area contributed by atoms with Crippen molar-refractivity contribution in [3.8, 4) is 11.3 Å². The van der Waals surface area contributed by atoms with E-state index in [1.807, 2.05) is 37.3 Å². The second kappa shape index (κ2) is 9.71. The molecule has 1 saturated heterocycles. The third-order valence-electron chi connectivity index (χ3n) is 5.27. The van der Waals surface area contributed by atoms with Crippen molar-refractivity contribution in [1.29, 1.82) is 0 Å². The molecule has 0 saturated carbocycles. The van der Waals surface area contributed by atoms with Gasteiger partial charge in [-0.15, -0.1) is 11.3 Å². The number of aromatic nitrogens is 1. The fraction of sp³-hybridized carbons (Fsp3) is 0.304. The summed E-state index contributed by atoms with van der Waals surface area (Å²) < 4.78 is 0. The van der Waals surface area contributed by atoms with Gasteiger partial charge < -0.3 is 5.32 Å². The van der Waals surface area contributed by atoms with Crippen molar-refractivity contribution in [1.82, 2.24) is 14.8 Å². The van der Waals surface area contributed by atoms with Crippen LogP contribution in [0, 0.1) is 6.92 Å². The molecular weight excluding hydrogens is 416 g/mol. The van der Waals surface area contributed by atoms with Crippen LogP contribution in [-0.2, 0) is 11.3 Å². The molecule has 1 aliphatic rings. The van der Waals surface area contributed by atoms with Gasteiger partial charge in [-0.05, 0) is 24.6 Å². The largest absolute Gasteiger partial charge is 0.325 e. The van der Waals surface area contributed by atoms with Crippen LogP contribution in [0.5, 0.6) is 0 Å². The van der Waals surface area contributed by atoms with Gasteiger partial charge in [-0.2, -0.15) is 0 Å². The standard InChI is InChI=1S/C23H25ClN4OS/c1-17-7-8-19(13-20(17)24)25-22(29)14-27-9-11-28(12-10-27)15-23-26-21(16-30-23)18-5-3-2-4-6-18/h2-8,13,16H,9-12,14-15H2,1H3,(H,25,29). The summed E-state index contributed by atoms with van der Waals surface area (Å²) in [4.78, 5) is 21.8. The smallest absolute Gasteiger partial charge is 0.238 e. The molecular formula is C23H25ClN4OS. The van der Waals surface area contributed by atoms with E-state index in [0.717, 1.165) is 60.2 Å². The number of nitrogens with one attached hydrogen (secondary N) is 1. The van der Waals surface area contributed by atoms with Crippen LogP contribution in [0.3, 0.4) is 0 Å². The van der Waals surface area contributed by atoms with Crippen molar-refractivity contribution >= 4 is 34.5 Å². The second-order valence-corrected chi connectivity index (χ2v) is 8.91. The van der Waals surface area contributed by atoms with Gasteiger partial charge in [-0.25, -0.2) is 4.98 Å². The van der Waals surface area contributed by atoms with Gasteiger partial charge in [0, 0.05) is 47.8 Å². The fourth-order valence-corrected chi connectivity index (χ4v) is 4.52. The molecule has 0 radical (unpaired) electrons. The van der Waals surface area contributed by atoms with Crippen LogP contribution in [0.2, 0.25) is 5.02 Å². The van der Waals surface area contributed by atoms with Crippen LogP contribution in [-0.4, -0.2) is 53.4 Å². The Labute approximate surface area is 186 Å². The van der Waals surface area contributed by atoms with Crippen molar-refractivity contribution in [3.05, 3.63) is 69.5 Å². The van der Waals surface area contributed by atoms with Gasteiger partial charge in [-0.3, -0.25) is 14.6 Å². The molecule has 3 aromatic rings. The summed E-state index contributed by atoms with van der Waals surface area (Å²) in [7, 11) is 0. The van der Waals surface area contributed by atoms with Gasteiger partial charge in [0.1, 0.15) is 5.01 Å². The van der Waals surface area contributed by atoms with E-state index in [2.05, 4.69) is 32.6 Å². The molecule has 1 N–H and O–H groups in total. The Balaban J connectivity index is 1.23. The average molecular weight is 441 g/mol. The van der Waals surface area contributed by atoms with Crippen molar-refractivity contribution in [2.24, 2.45) is 0 Å². The summed E-state index contributed by atoms with van der Waals surface area (Å²) in [6.45, 7) is 6.82. The number of carbonyl (C=O) groups excluding carboxylic acids is 1. The zero-order chi connectivity index (χ0) is 20.9. The monoisotopic (exact) mass is 440 g/mol. The van der Waals surface area contributed by atoms with E-state index in [0.29, 0.717) is 11.6 Å². The number of hydrogen-bond acceptors (Lipinski definition) is 5. The number of benzene rings is 2. The number of aryl methyl sites for hydroxylation is 1. The zero-order valence-electron chi connectivity index (χ0n) is 17.0. The molecule has 2 heterocycles. The van der Waals surface area contributed by atoms with Crippen LogP contribution >= 0.6 is 22.9 Å². The van der Waals surface area contributed by atoms with E-state index in [4.69, 9.17) is 16.6 Å². The molecule has 2 aromatic carbocycles. The Bertz CT molecular complexity index is 999. The Hall–Kier alpha value is -2.25. The molecule has 1 amide bonds. The molecule has 1 aliphatic heterocycles. The predicted octanol–water partition coefficient (Wildman–Crippen LogP) is 4.53. The number of rotatable bonds is 6. The zero-order valence-corrected chi connectivity index (χ0v) is 18.5. The minimum atomic E-state index is -0.00389. The Morgan fingerprint density at radius 3 is 2.57 bits per heavy atom. The number of amides is 1. The van der Waals surface area contributed by atoms with Crippen LogP contribution in [0.4, 0.5) is 5.69 Å². The van der Waals surface area contributed by atoms with Gasteiger partial charge in [0.15, 0.2) is 0 Å². The van der Waals surface area contributed by atoms with E-state index in [1.165, 1.54) is 0 Å². The molecule has 5 nitrogen and oxygen atoms in total. The summed E-state index contributed by atoms with van der Waals surface area (Å²) >= 11 is 7.85. The summed E-state index contributed by atoms with van der Waals surface area (Å²) in [5.41, 5.74) is 3.95. The summed E-state index contributed by atoms with van der Waals surface area (Å²) in [5.74, 6) is -0.00389. The first-order chi connectivity index (χ1) is 14.6.